The molecule has 0 aliphatic carbocycles. The standard InChI is InChI=1S/C15H20N2/c1-12-10-11-14(16-15(2,3)4)17(12)13-8-6-5-7-9-13/h5-11,16H,1-4H3. The van der Waals surface area contributed by atoms with Crippen LogP contribution < -0.4 is 5.32 Å². The Balaban J connectivity index is 2.44. The molecule has 0 saturated carbocycles. The number of benzene rings is 1. The van der Waals surface area contributed by atoms with E-state index in [-0.39, 0.29) is 5.54 Å². The van der Waals surface area contributed by atoms with Crippen molar-refractivity contribution in [2.75, 3.05) is 5.32 Å². The van der Waals surface area contributed by atoms with Gasteiger partial charge in [-0.25, -0.2) is 0 Å². The van der Waals surface area contributed by atoms with Crippen molar-refractivity contribution in [1.29, 1.82) is 0 Å². The highest BCUT2D eigenvalue weighted by molar-refractivity contribution is 5.50. The maximum absolute atomic E-state index is 3.53. The van der Waals surface area contributed by atoms with Crippen LogP contribution in [-0.4, -0.2) is 10.1 Å². The molecular formula is C15H20N2. The van der Waals surface area contributed by atoms with Crippen LogP contribution in [0.2, 0.25) is 0 Å². The van der Waals surface area contributed by atoms with Gasteiger partial charge in [0.15, 0.2) is 0 Å². The van der Waals surface area contributed by atoms with Crippen LogP contribution in [0.15, 0.2) is 42.5 Å². The fourth-order valence-corrected chi connectivity index (χ4v) is 1.94. The summed E-state index contributed by atoms with van der Waals surface area (Å²) in [4.78, 5) is 0. The molecule has 2 rings (SSSR count). The van der Waals surface area contributed by atoms with Gasteiger partial charge in [-0.3, -0.25) is 0 Å². The van der Waals surface area contributed by atoms with Crippen molar-refractivity contribution < 1.29 is 0 Å². The third-order valence-corrected chi connectivity index (χ3v) is 2.59. The van der Waals surface area contributed by atoms with Gasteiger partial charge in [-0.05, 0) is 52.0 Å². The number of para-hydroxylation sites is 1. The second-order valence-corrected chi connectivity index (χ2v) is 5.41. The molecule has 0 bridgehead atoms. The molecule has 0 aliphatic heterocycles. The minimum absolute atomic E-state index is 0.0668. The molecule has 0 aliphatic rings. The highest BCUT2D eigenvalue weighted by Gasteiger charge is 2.13. The summed E-state index contributed by atoms with van der Waals surface area (Å²) >= 11 is 0. The maximum atomic E-state index is 3.53. The predicted molar refractivity (Wildman–Crippen MR) is 73.9 cm³/mol. The van der Waals surface area contributed by atoms with Crippen LogP contribution in [0.3, 0.4) is 0 Å². The summed E-state index contributed by atoms with van der Waals surface area (Å²) < 4.78 is 2.24. The largest absolute Gasteiger partial charge is 0.367 e. The molecule has 1 N–H and O–H groups in total. The summed E-state index contributed by atoms with van der Waals surface area (Å²) in [6.45, 7) is 8.64. The Bertz CT molecular complexity index is 489. The molecule has 17 heavy (non-hydrogen) atoms. The Hall–Kier alpha value is -1.70. The van der Waals surface area contributed by atoms with E-state index in [1.807, 2.05) is 6.07 Å². The quantitative estimate of drug-likeness (QED) is 0.822. The molecule has 0 amide bonds. The fourth-order valence-electron chi connectivity index (χ4n) is 1.94. The molecule has 90 valence electrons. The zero-order chi connectivity index (χ0) is 12.5. The van der Waals surface area contributed by atoms with E-state index in [1.54, 1.807) is 0 Å². The molecule has 0 saturated heterocycles. The van der Waals surface area contributed by atoms with E-state index >= 15 is 0 Å². The fraction of sp³-hybridized carbons (Fsp3) is 0.333. The van der Waals surface area contributed by atoms with Gasteiger partial charge in [0.05, 0.1) is 0 Å². The number of nitrogens with zero attached hydrogens (tertiary/aromatic N) is 1. The number of hydrogen-bond acceptors (Lipinski definition) is 1. The zero-order valence-corrected chi connectivity index (χ0v) is 11.0. The van der Waals surface area contributed by atoms with Crippen molar-refractivity contribution in [1.82, 2.24) is 4.57 Å². The lowest BCUT2D eigenvalue weighted by Crippen LogP contribution is -2.27. The van der Waals surface area contributed by atoms with E-state index < -0.39 is 0 Å². The average Bonchev–Trinajstić information content (AvgIpc) is 2.58. The van der Waals surface area contributed by atoms with E-state index in [2.05, 4.69) is 74.0 Å². The number of rotatable bonds is 2. The van der Waals surface area contributed by atoms with Gasteiger partial charge in [-0.1, -0.05) is 18.2 Å². The lowest BCUT2D eigenvalue weighted by molar-refractivity contribution is 0.627. The molecule has 0 atom stereocenters. The van der Waals surface area contributed by atoms with Gasteiger partial charge in [-0.15, -0.1) is 0 Å². The van der Waals surface area contributed by atoms with Crippen molar-refractivity contribution in [3.05, 3.63) is 48.2 Å². The Labute approximate surface area is 103 Å². The summed E-state index contributed by atoms with van der Waals surface area (Å²) in [7, 11) is 0. The van der Waals surface area contributed by atoms with Crippen molar-refractivity contribution in [3.8, 4) is 5.69 Å². The Morgan fingerprint density at radius 1 is 0.941 bits per heavy atom. The molecule has 1 aromatic carbocycles. The Morgan fingerprint density at radius 3 is 2.18 bits per heavy atom. The molecule has 2 aromatic rings. The average molecular weight is 228 g/mol. The van der Waals surface area contributed by atoms with Crippen LogP contribution >= 0.6 is 0 Å². The molecular weight excluding hydrogens is 208 g/mol. The zero-order valence-electron chi connectivity index (χ0n) is 11.0. The SMILES string of the molecule is Cc1ccc(NC(C)(C)C)n1-c1ccccc1. The molecule has 1 aromatic heterocycles. The molecule has 1 heterocycles. The predicted octanol–water partition coefficient (Wildman–Crippen LogP) is 4.00. The minimum Gasteiger partial charge on any atom is -0.367 e. The van der Waals surface area contributed by atoms with Crippen LogP contribution in [-0.2, 0) is 0 Å². The molecule has 0 spiro atoms. The van der Waals surface area contributed by atoms with E-state index in [0.717, 1.165) is 5.82 Å². The molecule has 0 fully saturated rings. The second-order valence-electron chi connectivity index (χ2n) is 5.41. The summed E-state index contributed by atoms with van der Waals surface area (Å²) in [5, 5.41) is 3.53. The topological polar surface area (TPSA) is 17.0 Å². The monoisotopic (exact) mass is 228 g/mol. The third kappa shape index (κ3) is 2.70. The highest BCUT2D eigenvalue weighted by atomic mass is 15.1. The molecule has 0 radical (unpaired) electrons. The maximum Gasteiger partial charge on any atom is 0.111 e. The van der Waals surface area contributed by atoms with Crippen LogP contribution in [0.4, 0.5) is 5.82 Å². The number of anilines is 1. The van der Waals surface area contributed by atoms with Gasteiger partial charge in [0.1, 0.15) is 5.82 Å². The minimum atomic E-state index is 0.0668. The number of nitrogens with one attached hydrogen (secondary N) is 1. The van der Waals surface area contributed by atoms with Gasteiger partial charge in [0, 0.05) is 16.9 Å². The second kappa shape index (κ2) is 4.28. The van der Waals surface area contributed by atoms with E-state index in [4.69, 9.17) is 0 Å². The number of hydrogen-bond donors (Lipinski definition) is 1. The van der Waals surface area contributed by atoms with Crippen molar-refractivity contribution in [2.45, 2.75) is 33.2 Å². The van der Waals surface area contributed by atoms with Crippen molar-refractivity contribution in [3.63, 3.8) is 0 Å². The first-order valence-corrected chi connectivity index (χ1v) is 5.99. The number of aromatic nitrogens is 1. The third-order valence-electron chi connectivity index (χ3n) is 2.59. The van der Waals surface area contributed by atoms with Crippen molar-refractivity contribution >= 4 is 5.82 Å². The summed E-state index contributed by atoms with van der Waals surface area (Å²) in [6, 6.07) is 14.7. The smallest absolute Gasteiger partial charge is 0.111 e. The van der Waals surface area contributed by atoms with Gasteiger partial charge in [-0.2, -0.15) is 0 Å². The lowest BCUT2D eigenvalue weighted by atomic mass is 10.1. The van der Waals surface area contributed by atoms with Gasteiger partial charge in [0.25, 0.3) is 0 Å². The first kappa shape index (κ1) is 11.8. The van der Waals surface area contributed by atoms with Crippen LogP contribution in [0.5, 0.6) is 0 Å². The van der Waals surface area contributed by atoms with E-state index in [1.165, 1.54) is 11.4 Å². The van der Waals surface area contributed by atoms with Crippen LogP contribution in [0.1, 0.15) is 26.5 Å². The lowest BCUT2D eigenvalue weighted by Gasteiger charge is -2.24. The Kier molecular flexibility index (Phi) is 2.97. The first-order valence-electron chi connectivity index (χ1n) is 5.99. The molecule has 2 heteroatoms. The summed E-state index contributed by atoms with van der Waals surface area (Å²) in [6.07, 6.45) is 0. The number of aryl methyl sites for hydroxylation is 1. The first-order chi connectivity index (χ1) is 7.97. The van der Waals surface area contributed by atoms with Crippen LogP contribution in [0, 0.1) is 6.92 Å². The van der Waals surface area contributed by atoms with E-state index in [0.29, 0.717) is 0 Å². The van der Waals surface area contributed by atoms with Gasteiger partial charge >= 0.3 is 0 Å². The summed E-state index contributed by atoms with van der Waals surface area (Å²) in [5.74, 6) is 1.14. The van der Waals surface area contributed by atoms with E-state index in [9.17, 15) is 0 Å². The Morgan fingerprint density at radius 2 is 1.59 bits per heavy atom. The highest BCUT2D eigenvalue weighted by Crippen LogP contribution is 2.23. The van der Waals surface area contributed by atoms with Gasteiger partial charge in [0.2, 0.25) is 0 Å². The van der Waals surface area contributed by atoms with Gasteiger partial charge < -0.3 is 9.88 Å². The molecule has 0 unspecified atom stereocenters. The molecule has 2 nitrogen and oxygen atoms in total. The van der Waals surface area contributed by atoms with Crippen LogP contribution in [0.25, 0.3) is 5.69 Å². The normalized spacial score (nSPS) is 11.5. The van der Waals surface area contributed by atoms with Crippen molar-refractivity contribution in [2.24, 2.45) is 0 Å². The summed E-state index contributed by atoms with van der Waals surface area (Å²) in [5.41, 5.74) is 2.50.